The Morgan fingerprint density at radius 3 is 3.00 bits per heavy atom. The number of nitrogens with one attached hydrogen (secondary N) is 1. The van der Waals surface area contributed by atoms with Crippen LogP contribution in [-0.4, -0.2) is 21.8 Å². The van der Waals surface area contributed by atoms with Crippen LogP contribution in [0.15, 0.2) is 54.9 Å². The molecule has 106 valence electrons. The number of amides is 1. The summed E-state index contributed by atoms with van der Waals surface area (Å²) in [4.78, 5) is 16.2. The van der Waals surface area contributed by atoms with Gasteiger partial charge in [-0.05, 0) is 30.3 Å². The molecule has 0 aliphatic rings. The Kier molecular flexibility index (Phi) is 3.64. The smallest absolute Gasteiger partial charge is 0.251 e. The third kappa shape index (κ3) is 2.91. The molecule has 3 aromatic rings. The Morgan fingerprint density at radius 1 is 1.24 bits per heavy atom. The molecule has 0 saturated carbocycles. The number of hydrogen-bond donors (Lipinski definition) is 1. The zero-order valence-corrected chi connectivity index (χ0v) is 11.3. The van der Waals surface area contributed by atoms with Gasteiger partial charge >= 0.3 is 0 Å². The van der Waals surface area contributed by atoms with Crippen molar-refractivity contribution < 1.29 is 9.18 Å². The van der Waals surface area contributed by atoms with Gasteiger partial charge in [-0.25, -0.2) is 9.37 Å². The van der Waals surface area contributed by atoms with Crippen LogP contribution in [0.5, 0.6) is 0 Å². The Balaban J connectivity index is 1.62. The first kappa shape index (κ1) is 13.3. The molecule has 0 aliphatic carbocycles. The van der Waals surface area contributed by atoms with Gasteiger partial charge in [0.2, 0.25) is 0 Å². The van der Waals surface area contributed by atoms with E-state index in [9.17, 15) is 9.18 Å². The Morgan fingerprint density at radius 2 is 2.14 bits per heavy atom. The molecule has 4 nitrogen and oxygen atoms in total. The van der Waals surface area contributed by atoms with Crippen LogP contribution in [0, 0.1) is 5.82 Å². The number of pyridine rings is 1. The lowest BCUT2D eigenvalue weighted by Gasteiger charge is -2.05. The summed E-state index contributed by atoms with van der Waals surface area (Å²) in [6.07, 6.45) is 4.34. The number of nitrogens with zero attached hydrogens (tertiary/aromatic N) is 2. The van der Waals surface area contributed by atoms with Crippen molar-refractivity contribution in [1.29, 1.82) is 0 Å². The lowest BCUT2D eigenvalue weighted by molar-refractivity contribution is 0.0953. The first-order valence-electron chi connectivity index (χ1n) is 6.69. The number of carbonyl (C=O) groups excluding carboxylic acids is 1. The van der Waals surface area contributed by atoms with E-state index < -0.39 is 5.82 Å². The maximum Gasteiger partial charge on any atom is 0.251 e. The van der Waals surface area contributed by atoms with Crippen LogP contribution in [-0.2, 0) is 6.42 Å². The molecule has 0 spiro atoms. The SMILES string of the molecule is O=C(NCCc1ncc2ccccn12)c1cccc(F)c1. The van der Waals surface area contributed by atoms with Crippen LogP contribution in [0.4, 0.5) is 4.39 Å². The lowest BCUT2D eigenvalue weighted by Crippen LogP contribution is -2.26. The van der Waals surface area contributed by atoms with Crippen molar-refractivity contribution in [1.82, 2.24) is 14.7 Å². The molecule has 1 N–H and O–H groups in total. The topological polar surface area (TPSA) is 46.4 Å². The van der Waals surface area contributed by atoms with Crippen molar-refractivity contribution in [3.63, 3.8) is 0 Å². The number of carbonyl (C=O) groups is 1. The van der Waals surface area contributed by atoms with Gasteiger partial charge in [-0.15, -0.1) is 0 Å². The molecule has 0 bridgehead atoms. The highest BCUT2D eigenvalue weighted by Gasteiger charge is 2.07. The Bertz CT molecular complexity index is 782. The fourth-order valence-corrected chi connectivity index (χ4v) is 2.20. The molecule has 0 atom stereocenters. The number of aromatic nitrogens is 2. The molecule has 0 unspecified atom stereocenters. The number of fused-ring (bicyclic) bond motifs is 1. The predicted octanol–water partition coefficient (Wildman–Crippen LogP) is 2.45. The van der Waals surface area contributed by atoms with Crippen molar-refractivity contribution in [2.45, 2.75) is 6.42 Å². The molecule has 2 heterocycles. The zero-order chi connectivity index (χ0) is 14.7. The van der Waals surface area contributed by atoms with Crippen molar-refractivity contribution >= 4 is 11.4 Å². The van der Waals surface area contributed by atoms with E-state index in [0.29, 0.717) is 18.5 Å². The maximum atomic E-state index is 13.1. The first-order valence-corrected chi connectivity index (χ1v) is 6.69. The average molecular weight is 283 g/mol. The largest absolute Gasteiger partial charge is 0.352 e. The molecule has 0 aliphatic heterocycles. The van der Waals surface area contributed by atoms with Gasteiger partial charge < -0.3 is 9.72 Å². The zero-order valence-electron chi connectivity index (χ0n) is 11.3. The van der Waals surface area contributed by atoms with Crippen molar-refractivity contribution in [3.8, 4) is 0 Å². The average Bonchev–Trinajstić information content (AvgIpc) is 2.91. The lowest BCUT2D eigenvalue weighted by atomic mass is 10.2. The van der Waals surface area contributed by atoms with E-state index in [1.807, 2.05) is 28.8 Å². The molecule has 0 fully saturated rings. The summed E-state index contributed by atoms with van der Waals surface area (Å²) >= 11 is 0. The van der Waals surface area contributed by atoms with E-state index in [4.69, 9.17) is 0 Å². The second kappa shape index (κ2) is 5.75. The van der Waals surface area contributed by atoms with Gasteiger partial charge in [0, 0.05) is 24.7 Å². The summed E-state index contributed by atoms with van der Waals surface area (Å²) in [5, 5.41) is 2.77. The Hall–Kier alpha value is -2.69. The minimum absolute atomic E-state index is 0.282. The summed E-state index contributed by atoms with van der Waals surface area (Å²) in [7, 11) is 0. The minimum atomic E-state index is -0.415. The molecule has 0 saturated heterocycles. The fraction of sp³-hybridized carbons (Fsp3) is 0.125. The summed E-state index contributed by atoms with van der Waals surface area (Å²) in [5.74, 6) is 0.183. The highest BCUT2D eigenvalue weighted by molar-refractivity contribution is 5.94. The number of rotatable bonds is 4. The molecule has 0 radical (unpaired) electrons. The number of benzene rings is 1. The molecule has 1 aromatic carbocycles. The van der Waals surface area contributed by atoms with E-state index in [-0.39, 0.29) is 5.91 Å². The van der Waals surface area contributed by atoms with Gasteiger partial charge in [-0.2, -0.15) is 0 Å². The normalized spacial score (nSPS) is 10.7. The number of halogens is 1. The number of imidazole rings is 1. The van der Waals surface area contributed by atoms with Gasteiger partial charge in [-0.3, -0.25) is 4.79 Å². The van der Waals surface area contributed by atoms with Crippen molar-refractivity contribution in [2.75, 3.05) is 6.54 Å². The quantitative estimate of drug-likeness (QED) is 0.799. The van der Waals surface area contributed by atoms with Crippen LogP contribution in [0.2, 0.25) is 0 Å². The highest BCUT2D eigenvalue weighted by atomic mass is 19.1. The minimum Gasteiger partial charge on any atom is -0.352 e. The van der Waals surface area contributed by atoms with Crippen LogP contribution < -0.4 is 5.32 Å². The molecule has 21 heavy (non-hydrogen) atoms. The van der Waals surface area contributed by atoms with Gasteiger partial charge in [0.05, 0.1) is 11.7 Å². The summed E-state index contributed by atoms with van der Waals surface area (Å²) in [6, 6.07) is 11.5. The summed E-state index contributed by atoms with van der Waals surface area (Å²) in [5.41, 5.74) is 1.34. The van der Waals surface area contributed by atoms with Gasteiger partial charge in [0.1, 0.15) is 11.6 Å². The van der Waals surface area contributed by atoms with E-state index in [0.717, 1.165) is 11.3 Å². The van der Waals surface area contributed by atoms with E-state index in [2.05, 4.69) is 10.3 Å². The van der Waals surface area contributed by atoms with E-state index in [1.165, 1.54) is 18.2 Å². The van der Waals surface area contributed by atoms with Gasteiger partial charge in [-0.1, -0.05) is 12.1 Å². The van der Waals surface area contributed by atoms with Gasteiger partial charge in [0.25, 0.3) is 5.91 Å². The summed E-state index contributed by atoms with van der Waals surface area (Å²) < 4.78 is 15.0. The monoisotopic (exact) mass is 283 g/mol. The molecule has 2 aromatic heterocycles. The summed E-state index contributed by atoms with van der Waals surface area (Å²) in [6.45, 7) is 0.448. The standard InChI is InChI=1S/C16H14FN3O/c17-13-5-3-4-12(10-13)16(21)18-8-7-15-19-11-14-6-1-2-9-20(14)15/h1-6,9-11H,7-8H2,(H,18,21). The molecular weight excluding hydrogens is 269 g/mol. The van der Waals surface area contributed by atoms with E-state index in [1.54, 1.807) is 12.3 Å². The predicted molar refractivity (Wildman–Crippen MR) is 77.6 cm³/mol. The third-order valence-corrected chi connectivity index (χ3v) is 3.24. The Labute approximate surface area is 121 Å². The molecule has 5 heteroatoms. The first-order chi connectivity index (χ1) is 10.2. The van der Waals surface area contributed by atoms with Crippen LogP contribution in [0.1, 0.15) is 16.2 Å². The number of hydrogen-bond acceptors (Lipinski definition) is 2. The molecule has 1 amide bonds. The van der Waals surface area contributed by atoms with Gasteiger partial charge in [0.15, 0.2) is 0 Å². The molecule has 3 rings (SSSR count). The fourth-order valence-electron chi connectivity index (χ4n) is 2.20. The van der Waals surface area contributed by atoms with Crippen molar-refractivity contribution in [2.24, 2.45) is 0 Å². The second-order valence-electron chi connectivity index (χ2n) is 4.69. The second-order valence-corrected chi connectivity index (χ2v) is 4.69. The molecular formula is C16H14FN3O. The highest BCUT2D eigenvalue weighted by Crippen LogP contribution is 2.07. The van der Waals surface area contributed by atoms with Crippen LogP contribution >= 0.6 is 0 Å². The van der Waals surface area contributed by atoms with Crippen LogP contribution in [0.25, 0.3) is 5.52 Å². The van der Waals surface area contributed by atoms with E-state index >= 15 is 0 Å². The maximum absolute atomic E-state index is 13.1. The third-order valence-electron chi connectivity index (χ3n) is 3.24. The van der Waals surface area contributed by atoms with Crippen LogP contribution in [0.3, 0.4) is 0 Å². The van der Waals surface area contributed by atoms with Crippen molar-refractivity contribution in [3.05, 3.63) is 72.1 Å².